The maximum atomic E-state index is 13.4. The van der Waals surface area contributed by atoms with E-state index in [1.54, 1.807) is 6.07 Å². The lowest BCUT2D eigenvalue weighted by Gasteiger charge is -2.07. The quantitative estimate of drug-likeness (QED) is 0.683. The first kappa shape index (κ1) is 13.3. The van der Waals surface area contributed by atoms with E-state index in [2.05, 4.69) is 6.92 Å². The molecule has 0 bridgehead atoms. The Morgan fingerprint density at radius 1 is 1.44 bits per heavy atom. The minimum Gasteiger partial charge on any atom is -0.494 e. The van der Waals surface area contributed by atoms with Crippen LogP contribution >= 0.6 is 11.6 Å². The summed E-state index contributed by atoms with van der Waals surface area (Å²) in [4.78, 5) is 0. The molecule has 0 saturated heterocycles. The van der Waals surface area contributed by atoms with E-state index < -0.39 is 0 Å². The van der Waals surface area contributed by atoms with Gasteiger partial charge in [-0.3, -0.25) is 0 Å². The van der Waals surface area contributed by atoms with E-state index in [0.29, 0.717) is 5.75 Å². The minimum absolute atomic E-state index is 0.239. The molecule has 1 rings (SSSR count). The fraction of sp³-hybridized carbons (Fsp3) is 0.538. The van der Waals surface area contributed by atoms with E-state index >= 15 is 0 Å². The summed E-state index contributed by atoms with van der Waals surface area (Å²) in [5.74, 6) is 0.00504. The predicted molar refractivity (Wildman–Crippen MR) is 65.8 cm³/mol. The van der Waals surface area contributed by atoms with Crippen LogP contribution in [-0.4, -0.2) is 12.5 Å². The molecule has 1 aromatic rings. The fourth-order valence-electron chi connectivity index (χ4n) is 1.60. The second-order valence-electron chi connectivity index (χ2n) is 3.87. The molecule has 1 aromatic carbocycles. The number of aryl methyl sites for hydroxylation is 1. The first-order chi connectivity index (χ1) is 7.67. The topological polar surface area (TPSA) is 9.23 Å². The first-order valence-electron chi connectivity index (χ1n) is 5.63. The molecule has 0 saturated carbocycles. The molecule has 1 atom stereocenters. The van der Waals surface area contributed by atoms with Gasteiger partial charge >= 0.3 is 0 Å². The lowest BCUT2D eigenvalue weighted by atomic mass is 10.1. The second kappa shape index (κ2) is 6.74. The molecule has 16 heavy (non-hydrogen) atoms. The van der Waals surface area contributed by atoms with Gasteiger partial charge in [-0.1, -0.05) is 13.0 Å². The molecule has 3 heteroatoms. The summed E-state index contributed by atoms with van der Waals surface area (Å²) in [5, 5.41) is 0.239. The molecule has 90 valence electrons. The summed E-state index contributed by atoms with van der Waals surface area (Å²) in [6, 6.07) is 5.10. The number of ether oxygens (including phenoxy) is 1. The third kappa shape index (κ3) is 4.01. The average molecular weight is 245 g/mol. The molecule has 0 spiro atoms. The molecule has 0 radical (unpaired) electrons. The Labute approximate surface area is 102 Å². The number of benzene rings is 1. The van der Waals surface area contributed by atoms with Gasteiger partial charge in [0.25, 0.3) is 0 Å². The summed E-state index contributed by atoms with van der Waals surface area (Å²) in [5.41, 5.74) is 0.998. The van der Waals surface area contributed by atoms with Crippen LogP contribution in [0.2, 0.25) is 0 Å². The van der Waals surface area contributed by atoms with E-state index in [9.17, 15) is 4.39 Å². The molecule has 1 nitrogen and oxygen atoms in total. The lowest BCUT2D eigenvalue weighted by Crippen LogP contribution is -1.97. The Morgan fingerprint density at radius 2 is 2.19 bits per heavy atom. The van der Waals surface area contributed by atoms with Gasteiger partial charge in [-0.25, -0.2) is 4.39 Å². The van der Waals surface area contributed by atoms with Crippen LogP contribution in [0.5, 0.6) is 5.75 Å². The maximum Gasteiger partial charge on any atom is 0.165 e. The van der Waals surface area contributed by atoms with Crippen LogP contribution in [0.4, 0.5) is 4.39 Å². The van der Waals surface area contributed by atoms with Crippen molar-refractivity contribution in [1.82, 2.24) is 0 Å². The van der Waals surface area contributed by atoms with E-state index in [1.165, 1.54) is 13.2 Å². The highest BCUT2D eigenvalue weighted by atomic mass is 35.5. The van der Waals surface area contributed by atoms with Gasteiger partial charge in [0.1, 0.15) is 0 Å². The van der Waals surface area contributed by atoms with E-state index in [1.807, 2.05) is 6.07 Å². The molecule has 0 amide bonds. The highest BCUT2D eigenvalue weighted by molar-refractivity contribution is 6.20. The van der Waals surface area contributed by atoms with Crippen molar-refractivity contribution in [3.63, 3.8) is 0 Å². The SMILES string of the molecule is CCC(Cl)CCCc1ccc(OC)c(F)c1. The summed E-state index contributed by atoms with van der Waals surface area (Å²) >= 11 is 6.02. The smallest absolute Gasteiger partial charge is 0.165 e. The van der Waals surface area contributed by atoms with Crippen LogP contribution in [0.1, 0.15) is 31.7 Å². The second-order valence-corrected chi connectivity index (χ2v) is 4.48. The molecule has 0 N–H and O–H groups in total. The van der Waals surface area contributed by atoms with Crippen molar-refractivity contribution in [3.8, 4) is 5.75 Å². The highest BCUT2D eigenvalue weighted by Gasteiger charge is 2.05. The summed E-state index contributed by atoms with van der Waals surface area (Å²) < 4.78 is 18.2. The summed E-state index contributed by atoms with van der Waals surface area (Å²) in [6.45, 7) is 2.07. The largest absolute Gasteiger partial charge is 0.494 e. The van der Waals surface area contributed by atoms with Gasteiger partial charge in [0.2, 0.25) is 0 Å². The number of hydrogen-bond acceptors (Lipinski definition) is 1. The average Bonchev–Trinajstić information content (AvgIpc) is 2.29. The van der Waals surface area contributed by atoms with Gasteiger partial charge in [-0.2, -0.15) is 0 Å². The third-order valence-corrected chi connectivity index (χ3v) is 3.17. The van der Waals surface area contributed by atoms with Crippen LogP contribution in [0.3, 0.4) is 0 Å². The molecule has 0 aliphatic heterocycles. The molecule has 0 heterocycles. The zero-order chi connectivity index (χ0) is 12.0. The molecular formula is C13H18ClFO. The van der Waals surface area contributed by atoms with Crippen LogP contribution < -0.4 is 4.74 Å². The first-order valence-corrected chi connectivity index (χ1v) is 6.07. The Bertz CT molecular complexity index is 328. The maximum absolute atomic E-state index is 13.4. The third-order valence-electron chi connectivity index (χ3n) is 2.64. The van der Waals surface area contributed by atoms with Gasteiger partial charge in [-0.15, -0.1) is 11.6 Å². The van der Waals surface area contributed by atoms with Crippen molar-refractivity contribution in [2.45, 2.75) is 38.0 Å². The van der Waals surface area contributed by atoms with Crippen molar-refractivity contribution in [3.05, 3.63) is 29.6 Å². The minimum atomic E-state index is -0.294. The fourth-order valence-corrected chi connectivity index (χ4v) is 1.75. The predicted octanol–water partition coefficient (Wildman–Crippen LogP) is 4.17. The molecule has 0 fully saturated rings. The van der Waals surface area contributed by atoms with Crippen LogP contribution in [0, 0.1) is 5.82 Å². The van der Waals surface area contributed by atoms with Gasteiger partial charge in [0, 0.05) is 5.38 Å². The zero-order valence-electron chi connectivity index (χ0n) is 9.80. The Kier molecular flexibility index (Phi) is 5.61. The Hall–Kier alpha value is -0.760. The number of halogens is 2. The molecular weight excluding hydrogens is 227 g/mol. The molecule has 0 aromatic heterocycles. The Balaban J connectivity index is 2.46. The van der Waals surface area contributed by atoms with Crippen molar-refractivity contribution >= 4 is 11.6 Å². The highest BCUT2D eigenvalue weighted by Crippen LogP contribution is 2.19. The summed E-state index contributed by atoms with van der Waals surface area (Å²) in [7, 11) is 1.47. The standard InChI is InChI=1S/C13H18ClFO/c1-3-11(14)6-4-5-10-7-8-13(16-2)12(15)9-10/h7-9,11H,3-6H2,1-2H3. The molecule has 1 unspecified atom stereocenters. The van der Waals surface area contributed by atoms with Gasteiger partial charge in [-0.05, 0) is 43.4 Å². The van der Waals surface area contributed by atoms with Crippen LogP contribution in [0.15, 0.2) is 18.2 Å². The number of alkyl halides is 1. The number of methoxy groups -OCH3 is 1. The van der Waals surface area contributed by atoms with Crippen molar-refractivity contribution in [2.75, 3.05) is 7.11 Å². The summed E-state index contributed by atoms with van der Waals surface area (Å²) in [6.07, 6.45) is 3.82. The Morgan fingerprint density at radius 3 is 2.75 bits per heavy atom. The van der Waals surface area contributed by atoms with Gasteiger partial charge in [0.05, 0.1) is 7.11 Å². The van der Waals surface area contributed by atoms with E-state index in [0.717, 1.165) is 31.2 Å². The van der Waals surface area contributed by atoms with E-state index in [4.69, 9.17) is 16.3 Å². The molecule has 0 aliphatic rings. The monoisotopic (exact) mass is 244 g/mol. The van der Waals surface area contributed by atoms with Crippen molar-refractivity contribution in [2.24, 2.45) is 0 Å². The normalized spacial score (nSPS) is 12.5. The number of rotatable bonds is 6. The lowest BCUT2D eigenvalue weighted by molar-refractivity contribution is 0.386. The molecule has 0 aliphatic carbocycles. The van der Waals surface area contributed by atoms with Crippen LogP contribution in [-0.2, 0) is 6.42 Å². The number of hydrogen-bond donors (Lipinski definition) is 0. The van der Waals surface area contributed by atoms with Crippen LogP contribution in [0.25, 0.3) is 0 Å². The zero-order valence-corrected chi connectivity index (χ0v) is 10.6. The van der Waals surface area contributed by atoms with Crippen molar-refractivity contribution < 1.29 is 9.13 Å². The van der Waals surface area contributed by atoms with E-state index in [-0.39, 0.29) is 11.2 Å². The van der Waals surface area contributed by atoms with Crippen molar-refractivity contribution in [1.29, 1.82) is 0 Å². The van der Waals surface area contributed by atoms with Gasteiger partial charge < -0.3 is 4.74 Å². The van der Waals surface area contributed by atoms with Gasteiger partial charge in [0.15, 0.2) is 11.6 Å².